The number of benzene rings is 2. The van der Waals surface area contributed by atoms with E-state index in [0.717, 1.165) is 37.0 Å². The Balaban J connectivity index is 1.23. The van der Waals surface area contributed by atoms with Crippen LogP contribution in [0.4, 0.5) is 4.39 Å². The Morgan fingerprint density at radius 1 is 0.636 bits per heavy atom. The molecule has 0 heterocycles. The van der Waals surface area contributed by atoms with Gasteiger partial charge in [0.2, 0.25) is 0 Å². The first-order chi connectivity index (χ1) is 16.2. The summed E-state index contributed by atoms with van der Waals surface area (Å²) >= 11 is 0. The Bertz CT molecular complexity index is 789. The maximum absolute atomic E-state index is 12.8. The normalized spacial score (nSPS) is 25.8. The molecule has 0 radical (unpaired) electrons. The minimum Gasteiger partial charge on any atom is -0.251 e. The Morgan fingerprint density at radius 2 is 1.18 bits per heavy atom. The number of rotatable bonds is 10. The van der Waals surface area contributed by atoms with Gasteiger partial charge in [0.25, 0.3) is 0 Å². The van der Waals surface area contributed by atoms with Crippen LogP contribution < -0.4 is 0 Å². The Kier molecular flexibility index (Phi) is 9.45. The fourth-order valence-electron chi connectivity index (χ4n) is 6.32. The fraction of sp³-hybridized carbons (Fsp3) is 0.625. The van der Waals surface area contributed by atoms with Crippen LogP contribution in [-0.2, 0) is 6.42 Å². The molecule has 2 aliphatic rings. The maximum atomic E-state index is 12.8. The molecule has 0 unspecified atom stereocenters. The highest BCUT2D eigenvalue weighted by Gasteiger charge is 2.22. The summed E-state index contributed by atoms with van der Waals surface area (Å²) in [5.74, 6) is 2.89. The van der Waals surface area contributed by atoms with Crippen molar-refractivity contribution in [3.63, 3.8) is 0 Å². The van der Waals surface area contributed by atoms with Gasteiger partial charge in [0.05, 0.1) is 6.67 Å². The van der Waals surface area contributed by atoms with Crippen LogP contribution >= 0.6 is 0 Å². The summed E-state index contributed by atoms with van der Waals surface area (Å²) in [7, 11) is 0. The lowest BCUT2D eigenvalue weighted by atomic mass is 9.77. The third kappa shape index (κ3) is 7.17. The third-order valence-corrected chi connectivity index (χ3v) is 8.76. The molecule has 0 spiro atoms. The van der Waals surface area contributed by atoms with Gasteiger partial charge < -0.3 is 0 Å². The summed E-state index contributed by atoms with van der Waals surface area (Å²) in [5, 5.41) is 0. The summed E-state index contributed by atoms with van der Waals surface area (Å²) in [4.78, 5) is 0. The van der Waals surface area contributed by atoms with Gasteiger partial charge in [0, 0.05) is 0 Å². The Labute approximate surface area is 202 Å². The van der Waals surface area contributed by atoms with Crippen LogP contribution in [-0.4, -0.2) is 6.67 Å². The standard InChI is InChI=1S/C32H45F/c1-2-3-4-5-25-12-16-29(17-13-25)31-20-22-32(23-21-31)30-18-14-27(15-19-30)7-6-26-8-10-28(24-33)11-9-26/h14-15,18-23,25-26,28-29H,2-13,16-17,24H2,1H3/t25-,26-,28-,29-. The molecular weight excluding hydrogens is 403 g/mol. The molecule has 4 rings (SSSR count). The van der Waals surface area contributed by atoms with E-state index in [1.165, 1.54) is 87.3 Å². The predicted octanol–water partition coefficient (Wildman–Crippen LogP) is 9.92. The van der Waals surface area contributed by atoms with Gasteiger partial charge in [0.1, 0.15) is 0 Å². The molecule has 0 atom stereocenters. The van der Waals surface area contributed by atoms with Crippen molar-refractivity contribution in [2.24, 2.45) is 17.8 Å². The smallest absolute Gasteiger partial charge is 0.0922 e. The lowest BCUT2D eigenvalue weighted by Crippen LogP contribution is -2.16. The highest BCUT2D eigenvalue weighted by molar-refractivity contribution is 5.64. The van der Waals surface area contributed by atoms with Crippen molar-refractivity contribution in [2.45, 2.75) is 103 Å². The lowest BCUT2D eigenvalue weighted by Gasteiger charge is -2.29. The van der Waals surface area contributed by atoms with E-state index in [-0.39, 0.29) is 6.67 Å². The van der Waals surface area contributed by atoms with E-state index < -0.39 is 0 Å². The number of aryl methyl sites for hydroxylation is 1. The molecule has 0 N–H and O–H groups in total. The van der Waals surface area contributed by atoms with E-state index in [4.69, 9.17) is 0 Å². The average Bonchev–Trinajstić information content (AvgIpc) is 2.89. The summed E-state index contributed by atoms with van der Waals surface area (Å²) in [6.45, 7) is 2.19. The van der Waals surface area contributed by atoms with Gasteiger partial charge in [-0.3, -0.25) is 4.39 Å². The van der Waals surface area contributed by atoms with E-state index in [1.807, 2.05) is 0 Å². The van der Waals surface area contributed by atoms with E-state index in [0.29, 0.717) is 5.92 Å². The summed E-state index contributed by atoms with van der Waals surface area (Å²) in [6, 6.07) is 18.7. The Morgan fingerprint density at radius 3 is 1.79 bits per heavy atom. The molecule has 2 aromatic carbocycles. The van der Waals surface area contributed by atoms with E-state index in [1.54, 1.807) is 5.56 Å². The van der Waals surface area contributed by atoms with Gasteiger partial charge in [-0.05, 0) is 97.3 Å². The van der Waals surface area contributed by atoms with Gasteiger partial charge >= 0.3 is 0 Å². The van der Waals surface area contributed by atoms with Crippen LogP contribution in [0.15, 0.2) is 48.5 Å². The van der Waals surface area contributed by atoms with Crippen molar-refractivity contribution in [1.82, 2.24) is 0 Å². The van der Waals surface area contributed by atoms with E-state index in [2.05, 4.69) is 55.5 Å². The van der Waals surface area contributed by atoms with Crippen molar-refractivity contribution in [2.75, 3.05) is 6.67 Å². The van der Waals surface area contributed by atoms with Gasteiger partial charge in [-0.2, -0.15) is 0 Å². The second-order valence-electron chi connectivity index (χ2n) is 11.1. The first-order valence-corrected chi connectivity index (χ1v) is 14.0. The molecule has 0 nitrogen and oxygen atoms in total. The van der Waals surface area contributed by atoms with Crippen LogP contribution in [0.2, 0.25) is 0 Å². The molecular formula is C32H45F. The van der Waals surface area contributed by atoms with Gasteiger partial charge in [-0.1, -0.05) is 94.0 Å². The highest BCUT2D eigenvalue weighted by atomic mass is 19.1. The highest BCUT2D eigenvalue weighted by Crippen LogP contribution is 2.38. The van der Waals surface area contributed by atoms with Crippen molar-refractivity contribution in [1.29, 1.82) is 0 Å². The lowest BCUT2D eigenvalue weighted by molar-refractivity contribution is 0.224. The third-order valence-electron chi connectivity index (χ3n) is 8.76. The second kappa shape index (κ2) is 12.7. The minimum absolute atomic E-state index is 0.116. The molecule has 2 aliphatic carbocycles. The van der Waals surface area contributed by atoms with Crippen molar-refractivity contribution < 1.29 is 4.39 Å². The number of hydrogen-bond acceptors (Lipinski definition) is 0. The number of alkyl halides is 1. The van der Waals surface area contributed by atoms with Crippen LogP contribution in [0.1, 0.15) is 107 Å². The minimum atomic E-state index is -0.116. The van der Waals surface area contributed by atoms with Crippen LogP contribution in [0.5, 0.6) is 0 Å². The second-order valence-corrected chi connectivity index (χ2v) is 11.1. The molecule has 2 saturated carbocycles. The SMILES string of the molecule is CCCCC[C@H]1CC[C@H](c2ccc(-c3ccc(CC[C@H]4CC[C@H](CF)CC4)cc3)cc2)CC1. The van der Waals surface area contributed by atoms with E-state index in [9.17, 15) is 4.39 Å². The molecule has 180 valence electrons. The zero-order valence-corrected chi connectivity index (χ0v) is 20.9. The van der Waals surface area contributed by atoms with Crippen molar-refractivity contribution >= 4 is 0 Å². The monoisotopic (exact) mass is 448 g/mol. The predicted molar refractivity (Wildman–Crippen MR) is 140 cm³/mol. The molecule has 1 heteroatoms. The molecule has 2 fully saturated rings. The molecule has 33 heavy (non-hydrogen) atoms. The largest absolute Gasteiger partial charge is 0.251 e. The van der Waals surface area contributed by atoms with Crippen LogP contribution in [0.25, 0.3) is 11.1 Å². The molecule has 0 aromatic heterocycles. The number of hydrogen-bond donors (Lipinski definition) is 0. The fourth-order valence-corrected chi connectivity index (χ4v) is 6.32. The first-order valence-electron chi connectivity index (χ1n) is 14.0. The van der Waals surface area contributed by atoms with Crippen LogP contribution in [0, 0.1) is 17.8 Å². The van der Waals surface area contributed by atoms with E-state index >= 15 is 0 Å². The van der Waals surface area contributed by atoms with Crippen LogP contribution in [0.3, 0.4) is 0 Å². The zero-order valence-electron chi connectivity index (χ0n) is 20.9. The zero-order chi connectivity index (χ0) is 22.9. The topological polar surface area (TPSA) is 0 Å². The summed E-state index contributed by atoms with van der Waals surface area (Å²) in [5.41, 5.74) is 5.65. The maximum Gasteiger partial charge on any atom is 0.0922 e. The van der Waals surface area contributed by atoms with Crippen molar-refractivity contribution in [3.8, 4) is 11.1 Å². The molecule has 0 aliphatic heterocycles. The molecule has 0 saturated heterocycles. The summed E-state index contributed by atoms with van der Waals surface area (Å²) in [6.07, 6.45) is 18.3. The first kappa shape index (κ1) is 24.5. The van der Waals surface area contributed by atoms with Gasteiger partial charge in [-0.15, -0.1) is 0 Å². The molecule has 2 aromatic rings. The molecule has 0 bridgehead atoms. The Hall–Kier alpha value is -1.63. The summed E-state index contributed by atoms with van der Waals surface area (Å²) < 4.78 is 12.8. The van der Waals surface area contributed by atoms with Gasteiger partial charge in [-0.25, -0.2) is 0 Å². The number of halogens is 1. The quantitative estimate of drug-likeness (QED) is 0.317. The molecule has 0 amide bonds. The van der Waals surface area contributed by atoms with Gasteiger partial charge in [0.15, 0.2) is 0 Å². The van der Waals surface area contributed by atoms with Crippen molar-refractivity contribution in [3.05, 3.63) is 59.7 Å². The number of unbranched alkanes of at least 4 members (excludes halogenated alkanes) is 2. The average molecular weight is 449 g/mol.